The van der Waals surface area contributed by atoms with Gasteiger partial charge >= 0.3 is 0 Å². The van der Waals surface area contributed by atoms with Crippen molar-refractivity contribution >= 4 is 30.3 Å². The van der Waals surface area contributed by atoms with Crippen molar-refractivity contribution in [1.82, 2.24) is 0 Å². The third-order valence-electron chi connectivity index (χ3n) is 4.60. The first-order valence-electron chi connectivity index (χ1n) is 11.2. The second-order valence-corrected chi connectivity index (χ2v) is 12.7. The van der Waals surface area contributed by atoms with Crippen LogP contribution in [0.3, 0.4) is 0 Å². The van der Waals surface area contributed by atoms with Crippen molar-refractivity contribution in [2.75, 3.05) is 26.4 Å². The topological polar surface area (TPSA) is 55.4 Å². The molecule has 0 atom stereocenters. The molecule has 0 aliphatic carbocycles. The van der Waals surface area contributed by atoms with Crippen LogP contribution in [0.1, 0.15) is 86.0 Å². The van der Waals surface area contributed by atoms with Crippen LogP contribution in [-0.4, -0.2) is 67.9 Å². The smallest absolute Gasteiger partial charge is 0.283 e. The van der Waals surface area contributed by atoms with E-state index in [4.69, 9.17) is 27.2 Å². The van der Waals surface area contributed by atoms with Gasteiger partial charge in [0.2, 0.25) is 21.0 Å². The Balaban J connectivity index is 5.63. The van der Waals surface area contributed by atoms with Gasteiger partial charge in [0, 0.05) is 13.2 Å². The molecule has 0 bridgehead atoms. The van der Waals surface area contributed by atoms with E-state index in [1.807, 2.05) is 6.92 Å². The second kappa shape index (κ2) is 18.2. The summed E-state index contributed by atoms with van der Waals surface area (Å²) >= 11 is 0. The lowest BCUT2D eigenvalue weighted by Gasteiger charge is -2.46. The molecule has 0 fully saturated rings. The second-order valence-electron chi connectivity index (χ2n) is 7.26. The zero-order chi connectivity index (χ0) is 21.1. The lowest BCUT2D eigenvalue weighted by molar-refractivity contribution is -0.372. The Bertz CT molecular complexity index is 313. The van der Waals surface area contributed by atoms with Crippen LogP contribution >= 0.6 is 0 Å². The number of hydrogen-bond donors (Lipinski definition) is 0. The summed E-state index contributed by atoms with van der Waals surface area (Å²) in [5.41, 5.74) is -0.952. The van der Waals surface area contributed by atoms with E-state index < -0.39 is 31.0 Å². The first-order chi connectivity index (χ1) is 13.6. The van der Waals surface area contributed by atoms with Crippen molar-refractivity contribution in [2.24, 2.45) is 0 Å². The molecule has 0 unspecified atom stereocenters. The van der Waals surface area contributed by atoms with E-state index in [1.165, 1.54) is 0 Å². The molecule has 0 rings (SSSR count). The average Bonchev–Trinajstić information content (AvgIpc) is 2.68. The Morgan fingerprint density at radius 3 is 1.43 bits per heavy atom. The van der Waals surface area contributed by atoms with E-state index in [9.17, 15) is 0 Å². The maximum absolute atomic E-state index is 6.43. The van der Waals surface area contributed by atoms with Crippen molar-refractivity contribution in [2.45, 2.75) is 97.2 Å². The molecule has 0 spiro atoms. The van der Waals surface area contributed by atoms with E-state index >= 15 is 0 Å². The molecule has 0 aromatic heterocycles. The van der Waals surface area contributed by atoms with Crippen LogP contribution in [-0.2, 0) is 27.2 Å². The Kier molecular flexibility index (Phi) is 18.5. The summed E-state index contributed by atoms with van der Waals surface area (Å²) < 4.78 is 37.0. The molecule has 0 aliphatic rings. The zero-order valence-electron chi connectivity index (χ0n) is 19.3. The first-order valence-corrected chi connectivity index (χ1v) is 14.4. The Morgan fingerprint density at radius 1 is 0.679 bits per heavy atom. The quantitative estimate of drug-likeness (QED) is 0.150. The van der Waals surface area contributed by atoms with Gasteiger partial charge in [0.1, 0.15) is 10.5 Å². The van der Waals surface area contributed by atoms with Crippen molar-refractivity contribution in [1.29, 1.82) is 0 Å². The van der Waals surface area contributed by atoms with Crippen LogP contribution < -0.4 is 0 Å². The highest BCUT2D eigenvalue weighted by Gasteiger charge is 2.54. The fraction of sp³-hybridized carbons (Fsp3) is 1.00. The lowest BCUT2D eigenvalue weighted by Crippen LogP contribution is -2.64. The van der Waals surface area contributed by atoms with Crippen molar-refractivity contribution in [3.8, 4) is 0 Å². The largest absolute Gasteiger partial charge is 0.449 e. The summed E-state index contributed by atoms with van der Waals surface area (Å²) in [6.45, 7) is 13.1. The van der Waals surface area contributed by atoms with Gasteiger partial charge in [-0.15, -0.1) is 0 Å². The number of unbranched alkanes of at least 4 members (excludes halogenated alkanes) is 4. The zero-order valence-corrected chi connectivity index (χ0v) is 24.2. The van der Waals surface area contributed by atoms with Crippen molar-refractivity contribution in [3.63, 3.8) is 0 Å². The summed E-state index contributed by atoms with van der Waals surface area (Å²) in [5.74, 6) is -0.968. The Hall–Kier alpha value is 0.411. The molecule has 170 valence electrons. The van der Waals surface area contributed by atoms with Gasteiger partial charge in [-0.1, -0.05) is 53.4 Å². The maximum atomic E-state index is 6.43. The Labute approximate surface area is 181 Å². The SMILES string of the molecule is CCCCOC(C)(OCCCC)C(OCCCC)(OCCCC)[SiH2]O[SiH2]O[SiH3]. The van der Waals surface area contributed by atoms with Crippen molar-refractivity contribution < 1.29 is 27.2 Å². The normalized spacial score (nSPS) is 13.6. The molecule has 28 heavy (non-hydrogen) atoms. The molecule has 0 amide bonds. The molecule has 0 radical (unpaired) electrons. The van der Waals surface area contributed by atoms with Crippen LogP contribution in [0.25, 0.3) is 0 Å². The monoisotopic (exact) mass is 454 g/mol. The predicted octanol–water partition coefficient (Wildman–Crippen LogP) is 2.02. The third kappa shape index (κ3) is 11.0. The number of rotatable bonds is 21. The van der Waals surface area contributed by atoms with Gasteiger partial charge in [0.15, 0.2) is 0 Å². The van der Waals surface area contributed by atoms with Crippen LogP contribution in [0.4, 0.5) is 0 Å². The van der Waals surface area contributed by atoms with E-state index in [2.05, 4.69) is 27.7 Å². The van der Waals surface area contributed by atoms with Gasteiger partial charge < -0.3 is 27.2 Å². The highest BCUT2D eigenvalue weighted by molar-refractivity contribution is 6.43. The van der Waals surface area contributed by atoms with Crippen LogP contribution in [0.15, 0.2) is 0 Å². The summed E-state index contributed by atoms with van der Waals surface area (Å²) in [7, 11) is -1.52. The third-order valence-corrected chi connectivity index (χ3v) is 8.46. The minimum Gasteiger partial charge on any atom is -0.449 e. The van der Waals surface area contributed by atoms with Gasteiger partial charge in [0.05, 0.1) is 13.2 Å². The molecule has 0 aromatic rings. The van der Waals surface area contributed by atoms with Gasteiger partial charge in [-0.25, -0.2) is 0 Å². The molecule has 0 N–H and O–H groups in total. The molecule has 0 aliphatic heterocycles. The van der Waals surface area contributed by atoms with E-state index in [-0.39, 0.29) is 0 Å². The molecular formula is C19H46O6Si3. The van der Waals surface area contributed by atoms with E-state index in [1.54, 1.807) is 0 Å². The summed E-state index contributed by atoms with van der Waals surface area (Å²) in [4.78, 5) is 0. The molecule has 0 saturated carbocycles. The average molecular weight is 455 g/mol. The maximum Gasteiger partial charge on any atom is 0.283 e. The van der Waals surface area contributed by atoms with E-state index in [0.717, 1.165) is 51.4 Å². The highest BCUT2D eigenvalue weighted by atomic mass is 28.3. The molecule has 6 nitrogen and oxygen atoms in total. The van der Waals surface area contributed by atoms with Crippen molar-refractivity contribution in [3.05, 3.63) is 0 Å². The van der Waals surface area contributed by atoms with Crippen LogP contribution in [0.5, 0.6) is 0 Å². The van der Waals surface area contributed by atoms with Gasteiger partial charge in [0.25, 0.3) is 10.0 Å². The van der Waals surface area contributed by atoms with Gasteiger partial charge in [-0.3, -0.25) is 0 Å². The lowest BCUT2D eigenvalue weighted by atomic mass is 10.2. The number of hydrogen-bond acceptors (Lipinski definition) is 6. The minimum absolute atomic E-state index is 0.617. The number of ether oxygens (including phenoxy) is 4. The molecule has 0 saturated heterocycles. The molecular weight excluding hydrogens is 408 g/mol. The van der Waals surface area contributed by atoms with Gasteiger partial charge in [-0.05, 0) is 32.6 Å². The minimum atomic E-state index is -1.26. The summed E-state index contributed by atoms with van der Waals surface area (Å²) in [6, 6.07) is 0. The summed E-state index contributed by atoms with van der Waals surface area (Å²) in [5, 5.41) is 0. The molecule has 0 aromatic carbocycles. The standard InChI is InChI=1S/C19H46O6Si3/c1-6-10-14-20-18(5,21-15-11-7-2)19(22-16-12-8-3,23-17-13-9-4)27-25-28-24-26/h6-17,27-28H2,1-5,26H3. The van der Waals surface area contributed by atoms with Crippen LogP contribution in [0, 0.1) is 0 Å². The van der Waals surface area contributed by atoms with Crippen LogP contribution in [0.2, 0.25) is 0 Å². The first kappa shape index (κ1) is 28.4. The summed E-state index contributed by atoms with van der Waals surface area (Å²) in [6.07, 6.45) is 8.18. The fourth-order valence-electron chi connectivity index (χ4n) is 2.62. The Morgan fingerprint density at radius 2 is 1.07 bits per heavy atom. The van der Waals surface area contributed by atoms with E-state index in [0.29, 0.717) is 36.9 Å². The predicted molar refractivity (Wildman–Crippen MR) is 124 cm³/mol. The molecule has 9 heteroatoms. The fourth-order valence-corrected chi connectivity index (χ4v) is 7.12. The molecule has 0 heterocycles. The highest BCUT2D eigenvalue weighted by Crippen LogP contribution is 2.34. The van der Waals surface area contributed by atoms with Gasteiger partial charge in [-0.2, -0.15) is 0 Å².